The highest BCUT2D eigenvalue weighted by molar-refractivity contribution is 6.05. The molecule has 1 amide bonds. The number of hydrogen-bond acceptors (Lipinski definition) is 3. The Morgan fingerprint density at radius 3 is 2.63 bits per heavy atom. The normalized spacial score (nSPS) is 10.2. The minimum Gasteiger partial charge on any atom is -0.382 e. The lowest BCUT2D eigenvalue weighted by Gasteiger charge is -2.07. The first kappa shape index (κ1) is 13.1. The third-order valence-electron chi connectivity index (χ3n) is 2.84. The largest absolute Gasteiger partial charge is 0.382 e. The molecule has 0 radical (unpaired) electrons. The summed E-state index contributed by atoms with van der Waals surface area (Å²) in [5.41, 5.74) is 8.07. The summed E-state index contributed by atoms with van der Waals surface area (Å²) in [7, 11) is 0. The number of nitrogens with zero attached hydrogens (tertiary/aromatic N) is 1. The molecule has 1 aromatic heterocycles. The Kier molecular flexibility index (Phi) is 4.13. The van der Waals surface area contributed by atoms with Crippen LogP contribution in [-0.4, -0.2) is 10.9 Å². The van der Waals surface area contributed by atoms with Crippen LogP contribution >= 0.6 is 0 Å². The van der Waals surface area contributed by atoms with Crippen molar-refractivity contribution in [2.75, 3.05) is 11.1 Å². The molecule has 4 heteroatoms. The number of pyridine rings is 1. The van der Waals surface area contributed by atoms with Crippen molar-refractivity contribution in [1.82, 2.24) is 4.98 Å². The summed E-state index contributed by atoms with van der Waals surface area (Å²) < 4.78 is 0. The third-order valence-corrected chi connectivity index (χ3v) is 2.84. The van der Waals surface area contributed by atoms with Gasteiger partial charge in [0.25, 0.3) is 5.91 Å². The molecule has 1 aromatic carbocycles. The van der Waals surface area contributed by atoms with E-state index in [1.165, 1.54) is 5.56 Å². The molecule has 0 aliphatic carbocycles. The van der Waals surface area contributed by atoms with Crippen LogP contribution in [0.3, 0.4) is 0 Å². The number of benzene rings is 1. The average Bonchev–Trinajstić information content (AvgIpc) is 2.42. The first-order chi connectivity index (χ1) is 9.20. The van der Waals surface area contributed by atoms with Crippen molar-refractivity contribution in [3.63, 3.8) is 0 Å². The predicted molar refractivity (Wildman–Crippen MR) is 77.0 cm³/mol. The van der Waals surface area contributed by atoms with Gasteiger partial charge in [0.15, 0.2) is 0 Å². The molecule has 0 fully saturated rings. The molecular weight excluding hydrogens is 238 g/mol. The molecule has 4 nitrogen and oxygen atoms in total. The fourth-order valence-electron chi connectivity index (χ4n) is 1.83. The monoisotopic (exact) mass is 255 g/mol. The lowest BCUT2D eigenvalue weighted by Crippen LogP contribution is -2.13. The molecule has 2 aromatic rings. The van der Waals surface area contributed by atoms with Gasteiger partial charge in [-0.25, -0.2) is 4.98 Å². The number of hydrogen-bond donors (Lipinski definition) is 2. The maximum Gasteiger partial charge on any atom is 0.255 e. The fourth-order valence-corrected chi connectivity index (χ4v) is 1.83. The number of anilines is 2. The molecule has 19 heavy (non-hydrogen) atoms. The number of nitrogen functional groups attached to an aromatic ring is 1. The molecule has 0 bridgehead atoms. The zero-order chi connectivity index (χ0) is 13.7. The Bertz CT molecular complexity index is 564. The summed E-state index contributed by atoms with van der Waals surface area (Å²) in [6, 6.07) is 11.1. The van der Waals surface area contributed by atoms with E-state index in [0.29, 0.717) is 17.1 Å². The van der Waals surface area contributed by atoms with Crippen molar-refractivity contribution >= 4 is 17.4 Å². The Labute approximate surface area is 112 Å². The van der Waals surface area contributed by atoms with Gasteiger partial charge in [-0.15, -0.1) is 0 Å². The van der Waals surface area contributed by atoms with E-state index in [0.717, 1.165) is 12.8 Å². The Hall–Kier alpha value is -2.36. The smallest absolute Gasteiger partial charge is 0.255 e. The van der Waals surface area contributed by atoms with E-state index in [-0.39, 0.29) is 5.91 Å². The second kappa shape index (κ2) is 6.00. The van der Waals surface area contributed by atoms with Crippen LogP contribution in [0.25, 0.3) is 0 Å². The second-order valence-electron chi connectivity index (χ2n) is 4.34. The van der Waals surface area contributed by atoms with Gasteiger partial charge in [0.1, 0.15) is 5.82 Å². The van der Waals surface area contributed by atoms with E-state index < -0.39 is 0 Å². The zero-order valence-electron chi connectivity index (χ0n) is 10.9. The minimum absolute atomic E-state index is 0.178. The summed E-state index contributed by atoms with van der Waals surface area (Å²) in [5, 5.41) is 2.75. The van der Waals surface area contributed by atoms with Crippen LogP contribution < -0.4 is 11.1 Å². The maximum absolute atomic E-state index is 12.0. The molecule has 0 spiro atoms. The quantitative estimate of drug-likeness (QED) is 0.882. The van der Waals surface area contributed by atoms with Crippen molar-refractivity contribution in [2.45, 2.75) is 19.8 Å². The van der Waals surface area contributed by atoms with Crippen LogP contribution in [-0.2, 0) is 6.42 Å². The molecule has 0 saturated heterocycles. The number of aromatic nitrogens is 1. The highest BCUT2D eigenvalue weighted by Gasteiger charge is 2.08. The van der Waals surface area contributed by atoms with E-state index in [2.05, 4.69) is 17.2 Å². The summed E-state index contributed by atoms with van der Waals surface area (Å²) in [5.74, 6) is 0.140. The van der Waals surface area contributed by atoms with Crippen LogP contribution in [0.5, 0.6) is 0 Å². The molecule has 0 aliphatic heterocycles. The van der Waals surface area contributed by atoms with Gasteiger partial charge in [0, 0.05) is 11.8 Å². The number of rotatable bonds is 4. The number of carbonyl (C=O) groups is 1. The predicted octanol–water partition coefficient (Wildman–Crippen LogP) is 2.87. The second-order valence-corrected chi connectivity index (χ2v) is 4.34. The first-order valence-corrected chi connectivity index (χ1v) is 6.31. The van der Waals surface area contributed by atoms with Crippen molar-refractivity contribution in [3.05, 3.63) is 53.7 Å². The van der Waals surface area contributed by atoms with Gasteiger partial charge in [0.05, 0.1) is 5.69 Å². The summed E-state index contributed by atoms with van der Waals surface area (Å²) in [6.07, 6.45) is 3.71. The molecule has 2 rings (SSSR count). The topological polar surface area (TPSA) is 68.0 Å². The standard InChI is InChI=1S/C15H17N3O/c1-2-4-11-6-8-12(9-7-11)15(19)18-13-5-3-10-17-14(13)16/h3,5-10H,2,4H2,1H3,(H2,16,17)(H,18,19). The number of aryl methyl sites for hydroxylation is 1. The van der Waals surface area contributed by atoms with E-state index >= 15 is 0 Å². The first-order valence-electron chi connectivity index (χ1n) is 6.31. The minimum atomic E-state index is -0.178. The molecule has 0 unspecified atom stereocenters. The Morgan fingerprint density at radius 1 is 1.26 bits per heavy atom. The molecule has 0 saturated carbocycles. The van der Waals surface area contributed by atoms with Gasteiger partial charge in [-0.05, 0) is 36.2 Å². The molecule has 0 aliphatic rings. The number of carbonyl (C=O) groups excluding carboxylic acids is 1. The molecule has 1 heterocycles. The lowest BCUT2D eigenvalue weighted by atomic mass is 10.1. The van der Waals surface area contributed by atoms with Gasteiger partial charge in [0.2, 0.25) is 0 Å². The van der Waals surface area contributed by atoms with Gasteiger partial charge >= 0.3 is 0 Å². The SMILES string of the molecule is CCCc1ccc(C(=O)Nc2cccnc2N)cc1. The number of amides is 1. The molecule has 3 N–H and O–H groups in total. The van der Waals surface area contributed by atoms with E-state index in [9.17, 15) is 4.79 Å². The molecule has 0 atom stereocenters. The third kappa shape index (κ3) is 3.31. The van der Waals surface area contributed by atoms with Crippen molar-refractivity contribution < 1.29 is 4.79 Å². The van der Waals surface area contributed by atoms with Gasteiger partial charge < -0.3 is 11.1 Å². The van der Waals surface area contributed by atoms with E-state index in [1.807, 2.05) is 24.3 Å². The van der Waals surface area contributed by atoms with E-state index in [1.54, 1.807) is 18.3 Å². The summed E-state index contributed by atoms with van der Waals surface area (Å²) >= 11 is 0. The van der Waals surface area contributed by atoms with Gasteiger partial charge in [-0.3, -0.25) is 4.79 Å². The van der Waals surface area contributed by atoms with Gasteiger partial charge in [-0.2, -0.15) is 0 Å². The van der Waals surface area contributed by atoms with Gasteiger partial charge in [-0.1, -0.05) is 25.5 Å². The van der Waals surface area contributed by atoms with Crippen molar-refractivity contribution in [1.29, 1.82) is 0 Å². The Balaban J connectivity index is 2.10. The highest BCUT2D eigenvalue weighted by Crippen LogP contribution is 2.15. The average molecular weight is 255 g/mol. The van der Waals surface area contributed by atoms with Crippen LogP contribution in [0.4, 0.5) is 11.5 Å². The van der Waals surface area contributed by atoms with E-state index in [4.69, 9.17) is 5.73 Å². The number of nitrogens with one attached hydrogen (secondary N) is 1. The zero-order valence-corrected chi connectivity index (χ0v) is 10.9. The summed E-state index contributed by atoms with van der Waals surface area (Å²) in [4.78, 5) is 16.0. The van der Waals surface area contributed by atoms with Crippen LogP contribution in [0.15, 0.2) is 42.6 Å². The highest BCUT2D eigenvalue weighted by atomic mass is 16.1. The molecule has 98 valence electrons. The number of nitrogens with two attached hydrogens (primary N) is 1. The van der Waals surface area contributed by atoms with Crippen LogP contribution in [0.2, 0.25) is 0 Å². The fraction of sp³-hybridized carbons (Fsp3) is 0.200. The van der Waals surface area contributed by atoms with Crippen molar-refractivity contribution in [2.24, 2.45) is 0 Å². The lowest BCUT2D eigenvalue weighted by molar-refractivity contribution is 0.102. The van der Waals surface area contributed by atoms with Crippen molar-refractivity contribution in [3.8, 4) is 0 Å². The summed E-state index contributed by atoms with van der Waals surface area (Å²) in [6.45, 7) is 2.13. The molecular formula is C15H17N3O. The van der Waals surface area contributed by atoms with Crippen LogP contribution in [0, 0.1) is 0 Å². The maximum atomic E-state index is 12.0. The Morgan fingerprint density at radius 2 is 2.00 bits per heavy atom. The van der Waals surface area contributed by atoms with Crippen LogP contribution in [0.1, 0.15) is 29.3 Å².